The van der Waals surface area contributed by atoms with Crippen molar-refractivity contribution in [3.63, 3.8) is 0 Å². The van der Waals surface area contributed by atoms with Crippen LogP contribution in [0.1, 0.15) is 28.7 Å². The molecule has 2 aromatic carbocycles. The lowest BCUT2D eigenvalue weighted by Gasteiger charge is -2.11. The van der Waals surface area contributed by atoms with Crippen molar-refractivity contribution in [2.75, 3.05) is 14.1 Å². The van der Waals surface area contributed by atoms with Crippen LogP contribution in [-0.4, -0.2) is 52.1 Å². The van der Waals surface area contributed by atoms with E-state index in [4.69, 9.17) is 4.74 Å². The summed E-state index contributed by atoms with van der Waals surface area (Å²) in [6.45, 7) is 3.06. The molecule has 0 radical (unpaired) electrons. The van der Waals surface area contributed by atoms with Crippen molar-refractivity contribution in [1.29, 1.82) is 0 Å². The Morgan fingerprint density at radius 2 is 1.88 bits per heavy atom. The molecule has 0 amide bonds. The molecule has 0 fully saturated rings. The number of ether oxygens (including phenoxy) is 1. The summed E-state index contributed by atoms with van der Waals surface area (Å²) in [6.07, 6.45) is 3.13. The minimum atomic E-state index is -3.57. The van der Waals surface area contributed by atoms with Gasteiger partial charge in [-0.05, 0) is 30.7 Å². The highest BCUT2D eigenvalue weighted by molar-refractivity contribution is 7.89. The van der Waals surface area contributed by atoms with Crippen LogP contribution in [0, 0.1) is 0 Å². The first-order valence-electron chi connectivity index (χ1n) is 10.4. The highest BCUT2D eigenvalue weighted by Crippen LogP contribution is 2.22. The number of benzene rings is 2. The van der Waals surface area contributed by atoms with Gasteiger partial charge in [0.05, 0.1) is 34.2 Å². The second kappa shape index (κ2) is 9.16. The zero-order valence-electron chi connectivity index (χ0n) is 18.7. The van der Waals surface area contributed by atoms with Crippen molar-refractivity contribution in [2.24, 2.45) is 0 Å². The van der Waals surface area contributed by atoms with E-state index in [2.05, 4.69) is 10.1 Å². The first-order valence-corrected chi connectivity index (χ1v) is 11.9. The fourth-order valence-electron chi connectivity index (χ4n) is 3.53. The molecule has 0 aliphatic carbocycles. The van der Waals surface area contributed by atoms with Crippen LogP contribution in [0.3, 0.4) is 0 Å². The van der Waals surface area contributed by atoms with E-state index < -0.39 is 16.0 Å². The number of aryl methyl sites for hydroxylation is 1. The molecular formula is C23H25N5O4S. The lowest BCUT2D eigenvalue weighted by Crippen LogP contribution is -2.22. The molecule has 2 aromatic heterocycles. The number of aromatic nitrogens is 4. The first kappa shape index (κ1) is 22.7. The molecule has 0 aliphatic rings. The number of sulfonamides is 1. The van der Waals surface area contributed by atoms with Gasteiger partial charge in [0.15, 0.2) is 0 Å². The number of nitrogens with zero attached hydrogens (tertiary/aromatic N) is 5. The number of hydrogen-bond donors (Lipinski definition) is 0. The van der Waals surface area contributed by atoms with E-state index in [9.17, 15) is 13.2 Å². The molecule has 10 heteroatoms. The summed E-state index contributed by atoms with van der Waals surface area (Å²) in [7, 11) is -0.605. The van der Waals surface area contributed by atoms with E-state index in [1.54, 1.807) is 23.0 Å². The molecule has 4 rings (SSSR count). The second-order valence-electron chi connectivity index (χ2n) is 7.70. The molecule has 9 nitrogen and oxygen atoms in total. The third-order valence-corrected chi connectivity index (χ3v) is 7.09. The van der Waals surface area contributed by atoms with Crippen molar-refractivity contribution in [3.8, 4) is 0 Å². The topological polar surface area (TPSA) is 99.3 Å². The van der Waals surface area contributed by atoms with Crippen LogP contribution in [0.5, 0.6) is 0 Å². The monoisotopic (exact) mass is 467 g/mol. The molecule has 0 aliphatic heterocycles. The van der Waals surface area contributed by atoms with Crippen LogP contribution in [0.2, 0.25) is 0 Å². The Bertz CT molecular complexity index is 1390. The molecule has 33 heavy (non-hydrogen) atoms. The predicted molar refractivity (Wildman–Crippen MR) is 123 cm³/mol. The molecule has 2 heterocycles. The number of esters is 1. The highest BCUT2D eigenvalue weighted by atomic mass is 32.2. The van der Waals surface area contributed by atoms with Gasteiger partial charge < -0.3 is 9.30 Å². The average Bonchev–Trinajstić information content (AvgIpc) is 3.41. The van der Waals surface area contributed by atoms with Gasteiger partial charge in [-0.25, -0.2) is 22.5 Å². The molecule has 4 aromatic rings. The summed E-state index contributed by atoms with van der Waals surface area (Å²) in [5.74, 6) is 0.0387. The minimum absolute atomic E-state index is 0.0407. The largest absolute Gasteiger partial charge is 0.454 e. The first-order chi connectivity index (χ1) is 15.8. The van der Waals surface area contributed by atoms with E-state index in [1.165, 1.54) is 26.4 Å². The summed E-state index contributed by atoms with van der Waals surface area (Å²) in [5, 5.41) is 4.24. The van der Waals surface area contributed by atoms with Crippen molar-refractivity contribution >= 4 is 27.0 Å². The summed E-state index contributed by atoms with van der Waals surface area (Å²) < 4.78 is 35.1. The normalized spacial score (nSPS) is 11.9. The number of carbonyl (C=O) groups is 1. The van der Waals surface area contributed by atoms with Crippen LogP contribution in [0.4, 0.5) is 0 Å². The number of hydrogen-bond acceptors (Lipinski definition) is 6. The lowest BCUT2D eigenvalue weighted by atomic mass is 10.2. The van der Waals surface area contributed by atoms with Gasteiger partial charge in [0.25, 0.3) is 0 Å². The van der Waals surface area contributed by atoms with E-state index >= 15 is 0 Å². The number of imidazole rings is 1. The van der Waals surface area contributed by atoms with Crippen LogP contribution >= 0.6 is 0 Å². The highest BCUT2D eigenvalue weighted by Gasteiger charge is 2.20. The summed E-state index contributed by atoms with van der Waals surface area (Å²) in [4.78, 5) is 17.2. The molecule has 172 valence electrons. The molecule has 0 unspecified atom stereocenters. The molecule has 0 saturated heterocycles. The SMILES string of the molecule is CCn1c(COC(=O)c2cnn(Cc3ccccc3)c2)nc2cc(S(=O)(=O)N(C)C)ccc21. The number of carbonyl (C=O) groups excluding carboxylic acids is 1. The third-order valence-electron chi connectivity index (χ3n) is 5.28. The zero-order chi connectivity index (χ0) is 23.6. The number of fused-ring (bicyclic) bond motifs is 1. The van der Waals surface area contributed by atoms with Gasteiger partial charge >= 0.3 is 5.97 Å². The molecule has 0 atom stereocenters. The Labute approximate surface area is 192 Å². The molecule has 0 saturated carbocycles. The van der Waals surface area contributed by atoms with Gasteiger partial charge in [-0.2, -0.15) is 5.10 Å². The van der Waals surface area contributed by atoms with E-state index in [-0.39, 0.29) is 11.5 Å². The Morgan fingerprint density at radius 1 is 1.12 bits per heavy atom. The standard InChI is InChI=1S/C23H25N5O4S/c1-4-28-21-11-10-19(33(30,31)26(2)3)12-20(21)25-22(28)16-32-23(29)18-13-24-27(15-18)14-17-8-6-5-7-9-17/h5-13,15H,4,14,16H2,1-3H3. The van der Waals surface area contributed by atoms with E-state index in [1.807, 2.05) is 41.8 Å². The zero-order valence-corrected chi connectivity index (χ0v) is 19.5. The fraction of sp³-hybridized carbons (Fsp3) is 0.261. The Kier molecular flexibility index (Phi) is 6.30. The summed E-state index contributed by atoms with van der Waals surface area (Å²) in [5.41, 5.74) is 2.73. The lowest BCUT2D eigenvalue weighted by molar-refractivity contribution is 0.0458. The van der Waals surface area contributed by atoms with Crippen molar-refractivity contribution in [1.82, 2.24) is 23.6 Å². The third kappa shape index (κ3) is 4.67. The van der Waals surface area contributed by atoms with E-state index in [0.29, 0.717) is 30.0 Å². The number of rotatable bonds is 8. The molecule has 0 spiro atoms. The molecule has 0 bridgehead atoms. The Balaban J connectivity index is 1.50. The van der Waals surface area contributed by atoms with E-state index in [0.717, 1.165) is 15.4 Å². The van der Waals surface area contributed by atoms with Gasteiger partial charge in [0.1, 0.15) is 12.4 Å². The van der Waals surface area contributed by atoms with Crippen molar-refractivity contribution < 1.29 is 17.9 Å². The maximum atomic E-state index is 12.6. The van der Waals surface area contributed by atoms with Gasteiger partial charge in [-0.15, -0.1) is 0 Å². The maximum absolute atomic E-state index is 12.6. The van der Waals surface area contributed by atoms with Crippen LogP contribution < -0.4 is 0 Å². The minimum Gasteiger partial charge on any atom is -0.454 e. The smallest absolute Gasteiger partial charge is 0.341 e. The van der Waals surface area contributed by atoms with Crippen LogP contribution in [-0.2, 0) is 34.5 Å². The molecule has 0 N–H and O–H groups in total. The summed E-state index contributed by atoms with van der Waals surface area (Å²) >= 11 is 0. The van der Waals surface area contributed by atoms with Crippen LogP contribution in [0.25, 0.3) is 11.0 Å². The second-order valence-corrected chi connectivity index (χ2v) is 9.85. The van der Waals surface area contributed by atoms with Crippen molar-refractivity contribution in [3.05, 3.63) is 77.9 Å². The van der Waals surface area contributed by atoms with Gasteiger partial charge in [-0.1, -0.05) is 30.3 Å². The summed E-state index contributed by atoms with van der Waals surface area (Å²) in [6, 6.07) is 14.6. The van der Waals surface area contributed by atoms with Crippen molar-refractivity contribution in [2.45, 2.75) is 31.5 Å². The van der Waals surface area contributed by atoms with Gasteiger partial charge in [0.2, 0.25) is 10.0 Å². The quantitative estimate of drug-likeness (QED) is 0.370. The Hall–Kier alpha value is -3.50. The Morgan fingerprint density at radius 3 is 2.58 bits per heavy atom. The predicted octanol–water partition coefficient (Wildman–Crippen LogP) is 2.91. The fourth-order valence-corrected chi connectivity index (χ4v) is 4.46. The van der Waals surface area contributed by atoms with Gasteiger partial charge in [0, 0.05) is 26.8 Å². The molecular weight excluding hydrogens is 442 g/mol. The van der Waals surface area contributed by atoms with Gasteiger partial charge in [-0.3, -0.25) is 4.68 Å². The average molecular weight is 468 g/mol. The maximum Gasteiger partial charge on any atom is 0.341 e. The van der Waals surface area contributed by atoms with Crippen LogP contribution in [0.15, 0.2) is 65.8 Å².